The van der Waals surface area contributed by atoms with Crippen LogP contribution in [0.2, 0.25) is 0 Å². The predicted molar refractivity (Wildman–Crippen MR) is 66.3 cm³/mol. The van der Waals surface area contributed by atoms with Gasteiger partial charge in [-0.1, -0.05) is 0 Å². The number of fused-ring (bicyclic) bond motifs is 5. The number of hydrogen-bond acceptors (Lipinski definition) is 2. The first kappa shape index (κ1) is 11.2. The maximum absolute atomic E-state index is 13.8. The Morgan fingerprint density at radius 3 is 2.21 bits per heavy atom. The Hall–Kier alpha value is -1.63. The second-order valence-corrected chi connectivity index (χ2v) is 6.08. The van der Waals surface area contributed by atoms with Crippen LogP contribution in [-0.2, 0) is 0 Å². The minimum absolute atomic E-state index is 0.0246. The van der Waals surface area contributed by atoms with E-state index in [9.17, 15) is 8.78 Å². The highest BCUT2D eigenvalue weighted by molar-refractivity contribution is 5.52. The number of halogens is 2. The molecule has 4 rings (SSSR count). The number of anilines is 1. The second-order valence-electron chi connectivity index (χ2n) is 6.08. The lowest BCUT2D eigenvalue weighted by molar-refractivity contribution is 0.456. The lowest BCUT2D eigenvalue weighted by Crippen LogP contribution is -2.15. The summed E-state index contributed by atoms with van der Waals surface area (Å²) in [5.41, 5.74) is -0.0330. The molecule has 2 bridgehead atoms. The van der Waals surface area contributed by atoms with Gasteiger partial charge in [-0.15, -0.1) is 0 Å². The minimum Gasteiger partial charge on any atom is -0.377 e. The lowest BCUT2D eigenvalue weighted by Gasteiger charge is -2.13. The highest BCUT2D eigenvalue weighted by atomic mass is 19.1. The van der Waals surface area contributed by atoms with E-state index in [0.717, 1.165) is 24.0 Å². The van der Waals surface area contributed by atoms with Crippen molar-refractivity contribution in [3.05, 3.63) is 29.3 Å². The van der Waals surface area contributed by atoms with Gasteiger partial charge >= 0.3 is 0 Å². The Morgan fingerprint density at radius 2 is 1.68 bits per heavy atom. The Balaban J connectivity index is 1.58. The molecule has 4 heteroatoms. The number of nitriles is 1. The van der Waals surface area contributed by atoms with Gasteiger partial charge < -0.3 is 5.32 Å². The van der Waals surface area contributed by atoms with E-state index in [0.29, 0.717) is 11.8 Å². The SMILES string of the molecule is N#Cc1cc(F)c(NC2C3C4CCC(C4)C23)c(F)c1. The zero-order chi connectivity index (χ0) is 13.1. The van der Waals surface area contributed by atoms with Crippen molar-refractivity contribution in [1.82, 2.24) is 0 Å². The van der Waals surface area contributed by atoms with Gasteiger partial charge in [0, 0.05) is 6.04 Å². The third-order valence-electron chi connectivity index (χ3n) is 5.22. The highest BCUT2D eigenvalue weighted by Gasteiger charge is 2.65. The maximum Gasteiger partial charge on any atom is 0.150 e. The molecule has 2 nitrogen and oxygen atoms in total. The molecule has 1 N–H and O–H groups in total. The van der Waals surface area contributed by atoms with Crippen LogP contribution in [-0.4, -0.2) is 6.04 Å². The first-order valence-electron chi connectivity index (χ1n) is 6.84. The topological polar surface area (TPSA) is 35.8 Å². The van der Waals surface area contributed by atoms with Gasteiger partial charge in [0.05, 0.1) is 11.6 Å². The van der Waals surface area contributed by atoms with E-state index in [-0.39, 0.29) is 17.3 Å². The fourth-order valence-corrected chi connectivity index (χ4v) is 4.46. The highest BCUT2D eigenvalue weighted by Crippen LogP contribution is 2.66. The Morgan fingerprint density at radius 1 is 1.11 bits per heavy atom. The van der Waals surface area contributed by atoms with Crippen LogP contribution in [0.15, 0.2) is 12.1 Å². The number of nitrogens with one attached hydrogen (secondary N) is 1. The van der Waals surface area contributed by atoms with Crippen LogP contribution in [0.25, 0.3) is 0 Å². The fourth-order valence-electron chi connectivity index (χ4n) is 4.46. The third-order valence-corrected chi connectivity index (χ3v) is 5.22. The molecule has 0 aromatic heterocycles. The van der Waals surface area contributed by atoms with E-state index >= 15 is 0 Å². The Labute approximate surface area is 110 Å². The van der Waals surface area contributed by atoms with Crippen LogP contribution < -0.4 is 5.32 Å². The van der Waals surface area contributed by atoms with Crippen LogP contribution in [0.4, 0.5) is 14.5 Å². The molecule has 4 atom stereocenters. The van der Waals surface area contributed by atoms with E-state index in [1.807, 2.05) is 0 Å². The van der Waals surface area contributed by atoms with Gasteiger partial charge in [-0.3, -0.25) is 0 Å². The van der Waals surface area contributed by atoms with Crippen molar-refractivity contribution in [2.45, 2.75) is 25.3 Å². The van der Waals surface area contributed by atoms with E-state index in [1.54, 1.807) is 6.07 Å². The largest absolute Gasteiger partial charge is 0.377 e. The van der Waals surface area contributed by atoms with Gasteiger partial charge in [0.25, 0.3) is 0 Å². The molecule has 0 amide bonds. The van der Waals surface area contributed by atoms with Crippen molar-refractivity contribution in [2.24, 2.45) is 23.7 Å². The van der Waals surface area contributed by atoms with Gasteiger partial charge in [0.15, 0.2) is 11.6 Å². The average molecular weight is 260 g/mol. The van der Waals surface area contributed by atoms with Gasteiger partial charge in [-0.05, 0) is 55.1 Å². The molecule has 0 saturated heterocycles. The van der Waals surface area contributed by atoms with Crippen molar-refractivity contribution < 1.29 is 8.78 Å². The maximum atomic E-state index is 13.8. The van der Waals surface area contributed by atoms with E-state index in [1.165, 1.54) is 19.3 Å². The predicted octanol–water partition coefficient (Wildman–Crippen LogP) is 3.29. The van der Waals surface area contributed by atoms with Crippen LogP contribution in [0.1, 0.15) is 24.8 Å². The summed E-state index contributed by atoms with van der Waals surface area (Å²) >= 11 is 0. The van der Waals surface area contributed by atoms with Crippen LogP contribution in [0, 0.1) is 46.6 Å². The average Bonchev–Trinajstić information content (AvgIpc) is 2.79. The summed E-state index contributed by atoms with van der Waals surface area (Å²) in [5, 5.41) is 11.7. The second kappa shape index (κ2) is 3.69. The summed E-state index contributed by atoms with van der Waals surface area (Å²) in [6, 6.07) is 4.19. The summed E-state index contributed by atoms with van der Waals surface area (Å²) < 4.78 is 27.6. The van der Waals surface area contributed by atoms with E-state index in [2.05, 4.69) is 5.32 Å². The molecule has 3 aliphatic rings. The molecular weight excluding hydrogens is 246 g/mol. The monoisotopic (exact) mass is 260 g/mol. The molecule has 3 fully saturated rings. The zero-order valence-electron chi connectivity index (χ0n) is 10.4. The summed E-state index contributed by atoms with van der Waals surface area (Å²) in [7, 11) is 0. The third kappa shape index (κ3) is 1.51. The minimum atomic E-state index is -0.658. The van der Waals surface area contributed by atoms with Gasteiger partial charge in [-0.25, -0.2) is 8.78 Å². The first-order chi connectivity index (χ1) is 9.19. The number of benzene rings is 1. The molecule has 19 heavy (non-hydrogen) atoms. The molecule has 3 aliphatic carbocycles. The molecule has 0 radical (unpaired) electrons. The molecule has 0 aliphatic heterocycles. The first-order valence-corrected chi connectivity index (χ1v) is 6.84. The summed E-state index contributed by atoms with van der Waals surface area (Å²) in [4.78, 5) is 0. The standard InChI is InChI=1S/C15H14F2N2/c16-10-3-7(6-18)4-11(17)14(10)19-15-12-8-1-2-9(5-8)13(12)15/h3-4,8-9,12-13,15,19H,1-2,5H2. The summed E-state index contributed by atoms with van der Waals surface area (Å²) in [6.07, 6.45) is 3.87. The van der Waals surface area contributed by atoms with Gasteiger partial charge in [0.1, 0.15) is 5.69 Å². The fraction of sp³-hybridized carbons (Fsp3) is 0.533. The molecule has 1 aromatic rings. The van der Waals surface area contributed by atoms with E-state index in [4.69, 9.17) is 5.26 Å². The van der Waals surface area contributed by atoms with Crippen molar-refractivity contribution in [2.75, 3.05) is 5.32 Å². The zero-order valence-corrected chi connectivity index (χ0v) is 10.4. The normalized spacial score (nSPS) is 37.8. The molecule has 98 valence electrons. The molecule has 4 unspecified atom stereocenters. The van der Waals surface area contributed by atoms with Crippen molar-refractivity contribution >= 4 is 5.69 Å². The molecule has 1 aromatic carbocycles. The van der Waals surface area contributed by atoms with Crippen molar-refractivity contribution in [3.8, 4) is 6.07 Å². The van der Waals surface area contributed by atoms with Crippen molar-refractivity contribution in [1.29, 1.82) is 5.26 Å². The van der Waals surface area contributed by atoms with Crippen LogP contribution >= 0.6 is 0 Å². The quantitative estimate of drug-likeness (QED) is 0.885. The molecule has 0 spiro atoms. The van der Waals surface area contributed by atoms with E-state index < -0.39 is 11.6 Å². The van der Waals surface area contributed by atoms with Gasteiger partial charge in [-0.2, -0.15) is 5.26 Å². The van der Waals surface area contributed by atoms with Crippen molar-refractivity contribution in [3.63, 3.8) is 0 Å². The number of nitrogens with zero attached hydrogens (tertiary/aromatic N) is 1. The number of rotatable bonds is 2. The smallest absolute Gasteiger partial charge is 0.150 e. The molecule has 3 saturated carbocycles. The van der Waals surface area contributed by atoms with Crippen LogP contribution in [0.5, 0.6) is 0 Å². The lowest BCUT2D eigenvalue weighted by atomic mass is 10.0. The molecular formula is C15H14F2N2. The Bertz CT molecular complexity index is 553. The number of hydrogen-bond donors (Lipinski definition) is 1. The summed E-state index contributed by atoms with van der Waals surface area (Å²) in [5.74, 6) is 1.44. The Kier molecular flexibility index (Phi) is 2.18. The van der Waals surface area contributed by atoms with Crippen LogP contribution in [0.3, 0.4) is 0 Å². The van der Waals surface area contributed by atoms with Gasteiger partial charge in [0.2, 0.25) is 0 Å². The molecule has 0 heterocycles. The summed E-state index contributed by atoms with van der Waals surface area (Å²) in [6.45, 7) is 0.